The van der Waals surface area contributed by atoms with Crippen LogP contribution in [0.1, 0.15) is 67.0 Å². The number of hydrogen-bond acceptors (Lipinski definition) is 5. The minimum atomic E-state index is -2.46. The lowest BCUT2D eigenvalue weighted by Crippen LogP contribution is -2.38. The normalized spacial score (nSPS) is 19.4. The molecule has 0 saturated heterocycles. The van der Waals surface area contributed by atoms with Gasteiger partial charge in [-0.15, -0.1) is 0 Å². The zero-order valence-electron chi connectivity index (χ0n) is 20.3. The van der Waals surface area contributed by atoms with Crippen LogP contribution in [0.3, 0.4) is 0 Å². The third-order valence-corrected chi connectivity index (χ3v) is 7.06. The van der Waals surface area contributed by atoms with Crippen LogP contribution in [-0.4, -0.2) is 42.5 Å². The molecule has 4 N–H and O–H groups in total. The van der Waals surface area contributed by atoms with Gasteiger partial charge in [0.15, 0.2) is 0 Å². The molecule has 4 rings (SSSR count). The largest absolute Gasteiger partial charge is 0.351 e. The van der Waals surface area contributed by atoms with Crippen LogP contribution in [-0.2, 0) is 24.3 Å². The Labute approximate surface area is 206 Å². The zero-order valence-corrected chi connectivity index (χ0v) is 20.3. The monoisotopic (exact) mass is 485 g/mol. The maximum Gasteiger partial charge on any atom is 0.248 e. The van der Waals surface area contributed by atoms with Crippen molar-refractivity contribution in [2.45, 2.75) is 76.0 Å². The summed E-state index contributed by atoms with van der Waals surface area (Å²) in [6.45, 7) is 3.10. The number of halogens is 2. The number of rotatable bonds is 12. The van der Waals surface area contributed by atoms with Crippen LogP contribution in [0.2, 0.25) is 0 Å². The molecule has 2 aliphatic rings. The Balaban J connectivity index is 1.14. The molecule has 1 heterocycles. The van der Waals surface area contributed by atoms with E-state index in [-0.39, 0.29) is 31.3 Å². The number of nitrogens with one attached hydrogen (secondary N) is 4. The molecular weight excluding hydrogens is 448 g/mol. The van der Waals surface area contributed by atoms with Gasteiger partial charge in [-0.3, -0.25) is 9.78 Å². The number of pyridine rings is 1. The first-order valence-corrected chi connectivity index (χ1v) is 12.8. The average Bonchev–Trinajstić information content (AvgIpc) is 3.28. The summed E-state index contributed by atoms with van der Waals surface area (Å²) in [6, 6.07) is 12.6. The Bertz CT molecular complexity index is 946. The molecule has 0 spiro atoms. The third-order valence-electron chi connectivity index (χ3n) is 7.06. The van der Waals surface area contributed by atoms with Gasteiger partial charge in [0.05, 0.1) is 12.2 Å². The summed E-state index contributed by atoms with van der Waals surface area (Å²) in [5.41, 5.74) is 4.76. The first kappa shape index (κ1) is 25.7. The van der Waals surface area contributed by atoms with E-state index in [1.54, 1.807) is 6.20 Å². The van der Waals surface area contributed by atoms with Gasteiger partial charge in [0.25, 0.3) is 0 Å². The molecule has 1 fully saturated rings. The summed E-state index contributed by atoms with van der Waals surface area (Å²) in [7, 11) is 0. The molecule has 2 aliphatic carbocycles. The van der Waals surface area contributed by atoms with Crippen LogP contribution < -0.4 is 21.3 Å². The van der Waals surface area contributed by atoms with Crippen LogP contribution in [0.15, 0.2) is 42.6 Å². The maximum atomic E-state index is 13.3. The summed E-state index contributed by atoms with van der Waals surface area (Å²) >= 11 is 0. The van der Waals surface area contributed by atoms with E-state index in [2.05, 4.69) is 44.5 Å². The molecule has 1 amide bonds. The van der Waals surface area contributed by atoms with Crippen molar-refractivity contribution in [3.63, 3.8) is 0 Å². The maximum absolute atomic E-state index is 13.3. The minimum absolute atomic E-state index is 0.00619. The van der Waals surface area contributed by atoms with Gasteiger partial charge in [-0.05, 0) is 74.0 Å². The Morgan fingerprint density at radius 3 is 2.63 bits per heavy atom. The second kappa shape index (κ2) is 12.5. The average molecular weight is 486 g/mol. The standard InChI is InChI=1S/C27H37F2N5O/c28-27(29)12-10-21(11-13-27)31-15-4-16-33-25-9-8-23-20(5-3-7-24(23)25)17-34-26(35)19-30-18-22-6-1-2-14-32-22/h1-3,5-7,14,21,25,30-31,33H,4,8-13,15-19H2,(H,34,35). The predicted octanol–water partition coefficient (Wildman–Crippen LogP) is 3.62. The van der Waals surface area contributed by atoms with Gasteiger partial charge in [0.1, 0.15) is 0 Å². The molecule has 1 saturated carbocycles. The quantitative estimate of drug-likeness (QED) is 0.346. The SMILES string of the molecule is O=C(CNCc1ccccn1)NCc1cccc2c1CCC2NCCCNC1CCC(F)(F)CC1. The topological polar surface area (TPSA) is 78.1 Å². The van der Waals surface area contributed by atoms with Crippen molar-refractivity contribution < 1.29 is 13.6 Å². The number of fused-ring (bicyclic) bond motifs is 1. The van der Waals surface area contributed by atoms with Gasteiger partial charge in [0.2, 0.25) is 11.8 Å². The van der Waals surface area contributed by atoms with Crippen LogP contribution in [0.25, 0.3) is 0 Å². The molecular formula is C27H37F2N5O. The highest BCUT2D eigenvalue weighted by Gasteiger charge is 2.34. The minimum Gasteiger partial charge on any atom is -0.351 e. The van der Waals surface area contributed by atoms with E-state index in [1.807, 2.05) is 18.2 Å². The molecule has 1 unspecified atom stereocenters. The second-order valence-electron chi connectivity index (χ2n) is 9.67. The van der Waals surface area contributed by atoms with Crippen LogP contribution in [0, 0.1) is 0 Å². The number of amides is 1. The highest BCUT2D eigenvalue weighted by Crippen LogP contribution is 2.34. The number of carbonyl (C=O) groups excluding carboxylic acids is 1. The fraction of sp³-hybridized carbons (Fsp3) is 0.556. The van der Waals surface area contributed by atoms with Crippen molar-refractivity contribution in [1.29, 1.82) is 0 Å². The van der Waals surface area contributed by atoms with Crippen molar-refractivity contribution in [2.75, 3.05) is 19.6 Å². The van der Waals surface area contributed by atoms with Crippen LogP contribution in [0.5, 0.6) is 0 Å². The highest BCUT2D eigenvalue weighted by molar-refractivity contribution is 5.78. The van der Waals surface area contributed by atoms with Gasteiger partial charge in [-0.2, -0.15) is 0 Å². The van der Waals surface area contributed by atoms with Gasteiger partial charge in [0, 0.05) is 44.2 Å². The van der Waals surface area contributed by atoms with E-state index < -0.39 is 5.92 Å². The number of nitrogens with zero attached hydrogens (tertiary/aromatic N) is 1. The van der Waals surface area contributed by atoms with E-state index in [9.17, 15) is 13.6 Å². The number of carbonyl (C=O) groups is 1. The summed E-state index contributed by atoms with van der Waals surface area (Å²) in [6.07, 6.45) is 5.92. The van der Waals surface area contributed by atoms with E-state index in [0.717, 1.165) is 38.0 Å². The highest BCUT2D eigenvalue weighted by atomic mass is 19.3. The van der Waals surface area contributed by atoms with Gasteiger partial charge < -0.3 is 21.3 Å². The fourth-order valence-corrected chi connectivity index (χ4v) is 5.09. The number of aromatic nitrogens is 1. The van der Waals surface area contributed by atoms with Gasteiger partial charge >= 0.3 is 0 Å². The van der Waals surface area contributed by atoms with Gasteiger partial charge in [-0.25, -0.2) is 8.78 Å². The summed E-state index contributed by atoms with van der Waals surface area (Å²) < 4.78 is 26.6. The Morgan fingerprint density at radius 1 is 1.00 bits per heavy atom. The molecule has 1 atom stereocenters. The fourth-order valence-electron chi connectivity index (χ4n) is 5.09. The Kier molecular flexibility index (Phi) is 9.18. The summed E-state index contributed by atoms with van der Waals surface area (Å²) in [4.78, 5) is 16.5. The molecule has 1 aromatic heterocycles. The van der Waals surface area contributed by atoms with Gasteiger partial charge in [-0.1, -0.05) is 24.3 Å². The first-order valence-electron chi connectivity index (χ1n) is 12.8. The molecule has 1 aromatic carbocycles. The Morgan fingerprint density at radius 2 is 1.83 bits per heavy atom. The second-order valence-corrected chi connectivity index (χ2v) is 9.67. The van der Waals surface area contributed by atoms with Crippen LogP contribution in [0.4, 0.5) is 8.78 Å². The summed E-state index contributed by atoms with van der Waals surface area (Å²) in [5.74, 6) is -2.49. The first-order chi connectivity index (χ1) is 17.0. The predicted molar refractivity (Wildman–Crippen MR) is 133 cm³/mol. The number of hydrogen-bond donors (Lipinski definition) is 4. The van der Waals surface area contributed by atoms with Crippen molar-refractivity contribution >= 4 is 5.91 Å². The lowest BCUT2D eigenvalue weighted by Gasteiger charge is -2.29. The lowest BCUT2D eigenvalue weighted by atomic mass is 9.92. The van der Waals surface area contributed by atoms with E-state index in [0.29, 0.717) is 32.0 Å². The smallest absolute Gasteiger partial charge is 0.248 e. The number of alkyl halides is 2. The number of benzene rings is 1. The molecule has 8 heteroatoms. The van der Waals surface area contributed by atoms with E-state index in [1.165, 1.54) is 16.7 Å². The summed E-state index contributed by atoms with van der Waals surface area (Å²) in [5, 5.41) is 13.3. The molecule has 35 heavy (non-hydrogen) atoms. The van der Waals surface area contributed by atoms with E-state index in [4.69, 9.17) is 0 Å². The van der Waals surface area contributed by atoms with Crippen molar-refractivity contribution in [3.8, 4) is 0 Å². The molecule has 0 bridgehead atoms. The lowest BCUT2D eigenvalue weighted by molar-refractivity contribution is -0.120. The molecule has 6 nitrogen and oxygen atoms in total. The molecule has 0 radical (unpaired) electrons. The van der Waals surface area contributed by atoms with Crippen molar-refractivity contribution in [3.05, 3.63) is 65.0 Å². The third kappa shape index (κ3) is 7.78. The van der Waals surface area contributed by atoms with Crippen molar-refractivity contribution in [2.24, 2.45) is 0 Å². The van der Waals surface area contributed by atoms with E-state index >= 15 is 0 Å². The van der Waals surface area contributed by atoms with Crippen LogP contribution >= 0.6 is 0 Å². The Hall–Kier alpha value is -2.42. The molecule has 190 valence electrons. The van der Waals surface area contributed by atoms with Crippen molar-refractivity contribution in [1.82, 2.24) is 26.3 Å². The molecule has 2 aromatic rings. The zero-order chi connectivity index (χ0) is 24.5. The molecule has 0 aliphatic heterocycles.